The van der Waals surface area contributed by atoms with Gasteiger partial charge in [0.2, 0.25) is 0 Å². The number of hydrogen-bond donors (Lipinski definition) is 1. The number of benzene rings is 1. The van der Waals surface area contributed by atoms with Crippen LogP contribution in [0.3, 0.4) is 0 Å². The Hall–Kier alpha value is -0.820. The van der Waals surface area contributed by atoms with Crippen LogP contribution in [-0.2, 0) is 5.60 Å². The highest BCUT2D eigenvalue weighted by Gasteiger charge is 2.66. The van der Waals surface area contributed by atoms with Crippen LogP contribution in [0.2, 0.25) is 0 Å². The van der Waals surface area contributed by atoms with Crippen LogP contribution in [0.15, 0.2) is 18.2 Å². The van der Waals surface area contributed by atoms with Gasteiger partial charge >= 0.3 is 0 Å². The predicted molar refractivity (Wildman–Crippen MR) is 60.6 cm³/mol. The minimum Gasteiger partial charge on any atom is -0.385 e. The van der Waals surface area contributed by atoms with Crippen LogP contribution in [-0.4, -0.2) is 5.11 Å². The molecule has 0 bridgehead atoms. The van der Waals surface area contributed by atoms with Gasteiger partial charge in [-0.05, 0) is 55.2 Å². The number of fused-ring (bicyclic) bond motifs is 1. The molecule has 2 saturated carbocycles. The standard InChI is InChI=1S/C14H18O/c1-9-5-3-6-11(10(9)2)14(15)12-7-4-8-13(12)14/h3,5-6,12-13,15H,4,7-8H2,1-2H3. The molecule has 80 valence electrons. The normalized spacial score (nSPS) is 37.8. The van der Waals surface area contributed by atoms with Crippen molar-refractivity contribution < 1.29 is 5.11 Å². The van der Waals surface area contributed by atoms with Crippen LogP contribution in [0, 0.1) is 25.7 Å². The van der Waals surface area contributed by atoms with Gasteiger partial charge in [0, 0.05) is 0 Å². The Balaban J connectivity index is 2.04. The molecule has 2 fully saturated rings. The van der Waals surface area contributed by atoms with Crippen LogP contribution in [0.25, 0.3) is 0 Å². The van der Waals surface area contributed by atoms with Crippen LogP contribution in [0.1, 0.15) is 36.0 Å². The van der Waals surface area contributed by atoms with Crippen molar-refractivity contribution in [1.82, 2.24) is 0 Å². The molecule has 0 spiro atoms. The smallest absolute Gasteiger partial charge is 0.0962 e. The van der Waals surface area contributed by atoms with Crippen molar-refractivity contribution >= 4 is 0 Å². The minimum absolute atomic E-state index is 0.464. The lowest BCUT2D eigenvalue weighted by Gasteiger charge is -2.18. The van der Waals surface area contributed by atoms with Crippen molar-refractivity contribution in [2.75, 3.05) is 0 Å². The molecular weight excluding hydrogens is 184 g/mol. The highest BCUT2D eigenvalue weighted by molar-refractivity contribution is 5.43. The molecule has 2 aliphatic carbocycles. The van der Waals surface area contributed by atoms with Gasteiger partial charge in [0.05, 0.1) is 5.60 Å². The molecule has 2 atom stereocenters. The number of aliphatic hydroxyl groups is 1. The van der Waals surface area contributed by atoms with E-state index in [0.717, 1.165) is 0 Å². The lowest BCUT2D eigenvalue weighted by Crippen LogP contribution is -2.15. The maximum absolute atomic E-state index is 10.7. The zero-order valence-electron chi connectivity index (χ0n) is 9.46. The fourth-order valence-corrected chi connectivity index (χ4v) is 3.51. The first-order chi connectivity index (χ1) is 7.15. The maximum Gasteiger partial charge on any atom is 0.0962 e. The van der Waals surface area contributed by atoms with Crippen LogP contribution >= 0.6 is 0 Å². The third-order valence-corrected chi connectivity index (χ3v) is 4.57. The van der Waals surface area contributed by atoms with Crippen molar-refractivity contribution in [3.05, 3.63) is 34.9 Å². The second-order valence-electron chi connectivity index (χ2n) is 5.22. The van der Waals surface area contributed by atoms with Gasteiger partial charge in [0.15, 0.2) is 0 Å². The first-order valence-corrected chi connectivity index (χ1v) is 5.94. The van der Waals surface area contributed by atoms with Crippen molar-refractivity contribution in [3.63, 3.8) is 0 Å². The van der Waals surface area contributed by atoms with Gasteiger partial charge < -0.3 is 5.11 Å². The summed E-state index contributed by atoms with van der Waals surface area (Å²) in [5, 5.41) is 10.7. The summed E-state index contributed by atoms with van der Waals surface area (Å²) in [6.07, 6.45) is 3.74. The largest absolute Gasteiger partial charge is 0.385 e. The molecule has 1 N–H and O–H groups in total. The molecule has 0 radical (unpaired) electrons. The number of aryl methyl sites for hydroxylation is 1. The monoisotopic (exact) mass is 202 g/mol. The zero-order chi connectivity index (χ0) is 10.6. The summed E-state index contributed by atoms with van der Waals surface area (Å²) in [4.78, 5) is 0. The Morgan fingerprint density at radius 1 is 1.20 bits per heavy atom. The fourth-order valence-electron chi connectivity index (χ4n) is 3.51. The molecule has 15 heavy (non-hydrogen) atoms. The Bertz CT molecular complexity index is 398. The van der Waals surface area contributed by atoms with Gasteiger partial charge in [-0.15, -0.1) is 0 Å². The molecular formula is C14H18O. The lowest BCUT2D eigenvalue weighted by atomic mass is 9.93. The van der Waals surface area contributed by atoms with Gasteiger partial charge in [0.1, 0.15) is 0 Å². The van der Waals surface area contributed by atoms with E-state index in [1.165, 1.54) is 36.0 Å². The quantitative estimate of drug-likeness (QED) is 0.742. The van der Waals surface area contributed by atoms with Crippen LogP contribution < -0.4 is 0 Å². The van der Waals surface area contributed by atoms with Crippen molar-refractivity contribution in [2.24, 2.45) is 11.8 Å². The minimum atomic E-state index is -0.464. The molecule has 2 unspecified atom stereocenters. The Labute approximate surface area is 91.1 Å². The highest BCUT2D eigenvalue weighted by atomic mass is 16.3. The summed E-state index contributed by atoms with van der Waals surface area (Å²) in [7, 11) is 0. The van der Waals surface area contributed by atoms with Crippen molar-refractivity contribution in [3.8, 4) is 0 Å². The van der Waals surface area contributed by atoms with Gasteiger partial charge in [-0.1, -0.05) is 24.6 Å². The number of rotatable bonds is 1. The zero-order valence-corrected chi connectivity index (χ0v) is 9.46. The third-order valence-electron chi connectivity index (χ3n) is 4.57. The average molecular weight is 202 g/mol. The predicted octanol–water partition coefficient (Wildman–Crippen LogP) is 2.92. The van der Waals surface area contributed by atoms with E-state index in [0.29, 0.717) is 11.8 Å². The van der Waals surface area contributed by atoms with Crippen molar-refractivity contribution in [1.29, 1.82) is 0 Å². The molecule has 1 heteroatoms. The summed E-state index contributed by atoms with van der Waals surface area (Å²) in [5.41, 5.74) is 3.31. The molecule has 1 nitrogen and oxygen atoms in total. The molecule has 1 aromatic rings. The Morgan fingerprint density at radius 3 is 2.53 bits per heavy atom. The van der Waals surface area contributed by atoms with Crippen LogP contribution in [0.5, 0.6) is 0 Å². The third kappa shape index (κ3) is 1.07. The summed E-state index contributed by atoms with van der Waals surface area (Å²) in [5.74, 6) is 1.11. The van der Waals surface area contributed by atoms with E-state index < -0.39 is 5.60 Å². The molecule has 2 aliphatic rings. The molecule has 3 rings (SSSR count). The molecule has 0 saturated heterocycles. The molecule has 0 aliphatic heterocycles. The van der Waals surface area contributed by atoms with Gasteiger partial charge in [0.25, 0.3) is 0 Å². The van der Waals surface area contributed by atoms with Crippen molar-refractivity contribution in [2.45, 2.75) is 38.7 Å². The maximum atomic E-state index is 10.7. The van der Waals surface area contributed by atoms with E-state index in [4.69, 9.17) is 0 Å². The molecule has 0 heterocycles. The highest BCUT2D eigenvalue weighted by Crippen LogP contribution is 2.66. The fraction of sp³-hybridized carbons (Fsp3) is 0.571. The molecule has 1 aromatic carbocycles. The second-order valence-corrected chi connectivity index (χ2v) is 5.22. The van der Waals surface area contributed by atoms with E-state index in [-0.39, 0.29) is 0 Å². The Kier molecular flexibility index (Phi) is 1.79. The van der Waals surface area contributed by atoms with Gasteiger partial charge in [-0.25, -0.2) is 0 Å². The summed E-state index contributed by atoms with van der Waals surface area (Å²) in [6.45, 7) is 4.26. The first kappa shape index (κ1) is 9.41. The molecule has 0 aromatic heterocycles. The van der Waals surface area contributed by atoms with E-state index in [1.54, 1.807) is 0 Å². The van der Waals surface area contributed by atoms with E-state index >= 15 is 0 Å². The lowest BCUT2D eigenvalue weighted by molar-refractivity contribution is 0.105. The van der Waals surface area contributed by atoms with E-state index in [2.05, 4.69) is 32.0 Å². The van der Waals surface area contributed by atoms with E-state index in [9.17, 15) is 5.11 Å². The topological polar surface area (TPSA) is 20.2 Å². The van der Waals surface area contributed by atoms with Gasteiger partial charge in [-0.3, -0.25) is 0 Å². The van der Waals surface area contributed by atoms with E-state index in [1.807, 2.05) is 0 Å². The van der Waals surface area contributed by atoms with Crippen LogP contribution in [0.4, 0.5) is 0 Å². The number of hydrogen-bond acceptors (Lipinski definition) is 1. The average Bonchev–Trinajstić information content (AvgIpc) is 2.67. The summed E-state index contributed by atoms with van der Waals surface area (Å²) < 4.78 is 0. The second kappa shape index (κ2) is 2.85. The first-order valence-electron chi connectivity index (χ1n) is 5.94. The summed E-state index contributed by atoms with van der Waals surface area (Å²) >= 11 is 0. The SMILES string of the molecule is Cc1cccc(C2(O)C3CCCC32)c1C. The Morgan fingerprint density at radius 2 is 1.87 bits per heavy atom. The summed E-state index contributed by atoms with van der Waals surface area (Å²) in [6, 6.07) is 6.31. The molecule has 0 amide bonds. The van der Waals surface area contributed by atoms with Gasteiger partial charge in [-0.2, -0.15) is 0 Å².